The summed E-state index contributed by atoms with van der Waals surface area (Å²) >= 11 is 6.23. The molecule has 1 aliphatic rings. The van der Waals surface area contributed by atoms with Crippen molar-refractivity contribution in [3.8, 4) is 0 Å². The number of rotatable bonds is 12. The van der Waals surface area contributed by atoms with E-state index >= 15 is 0 Å². The zero-order valence-corrected chi connectivity index (χ0v) is 19.9. The van der Waals surface area contributed by atoms with Crippen molar-refractivity contribution in [3.63, 3.8) is 0 Å². The highest BCUT2D eigenvalue weighted by atomic mass is 35.5. The molecule has 2 heterocycles. The summed E-state index contributed by atoms with van der Waals surface area (Å²) in [4.78, 5) is 26.5. The van der Waals surface area contributed by atoms with Gasteiger partial charge in [0, 0.05) is 69.6 Å². The van der Waals surface area contributed by atoms with Gasteiger partial charge in [-0.15, -0.1) is 0 Å². The number of amides is 1. The lowest BCUT2D eigenvalue weighted by Crippen LogP contribution is -2.39. The zero-order chi connectivity index (χ0) is 22.8. The highest BCUT2D eigenvalue weighted by molar-refractivity contribution is 6.31. The molecule has 0 atom stereocenters. The maximum Gasteiger partial charge on any atom is 0.221 e. The van der Waals surface area contributed by atoms with E-state index in [4.69, 9.17) is 26.1 Å². The van der Waals surface area contributed by atoms with Crippen molar-refractivity contribution < 1.29 is 14.3 Å². The first-order valence-electron chi connectivity index (χ1n) is 11.4. The maximum atomic E-state index is 12.3. The normalized spacial score (nSPS) is 14.6. The number of methoxy groups -OCH3 is 1. The number of hydrogen-bond acceptors (Lipinski definition) is 7. The molecule has 1 amide bonds. The van der Waals surface area contributed by atoms with Crippen LogP contribution in [0.4, 0.5) is 5.82 Å². The molecule has 1 N–H and O–H groups in total. The van der Waals surface area contributed by atoms with E-state index in [-0.39, 0.29) is 5.91 Å². The minimum absolute atomic E-state index is 0.0114. The lowest BCUT2D eigenvalue weighted by Gasteiger charge is -2.29. The van der Waals surface area contributed by atoms with Crippen LogP contribution in [0.3, 0.4) is 0 Å². The number of carbonyl (C=O) groups is 1. The van der Waals surface area contributed by atoms with Crippen LogP contribution in [0, 0.1) is 0 Å². The monoisotopic (exact) mass is 463 g/mol. The molecule has 0 aliphatic carbocycles. The second-order valence-corrected chi connectivity index (χ2v) is 8.30. The molecule has 2 aromatic rings. The summed E-state index contributed by atoms with van der Waals surface area (Å²) < 4.78 is 10.5. The summed E-state index contributed by atoms with van der Waals surface area (Å²) in [7, 11) is 1.63. The van der Waals surface area contributed by atoms with Crippen molar-refractivity contribution in [3.05, 3.63) is 29.0 Å². The Morgan fingerprint density at radius 2 is 2.09 bits per heavy atom. The van der Waals surface area contributed by atoms with Gasteiger partial charge < -0.3 is 19.7 Å². The number of aryl methyl sites for hydroxylation is 1. The van der Waals surface area contributed by atoms with E-state index in [0.717, 1.165) is 74.8 Å². The number of fused-ring (bicyclic) bond motifs is 1. The molecule has 0 radical (unpaired) electrons. The predicted molar refractivity (Wildman–Crippen MR) is 128 cm³/mol. The highest BCUT2D eigenvalue weighted by Crippen LogP contribution is 2.27. The van der Waals surface area contributed by atoms with Crippen molar-refractivity contribution in [2.24, 2.45) is 0 Å². The van der Waals surface area contributed by atoms with Gasteiger partial charge in [-0.2, -0.15) is 0 Å². The van der Waals surface area contributed by atoms with Gasteiger partial charge in [-0.25, -0.2) is 9.97 Å². The average Bonchev–Trinajstić information content (AvgIpc) is 2.81. The van der Waals surface area contributed by atoms with Gasteiger partial charge in [-0.05, 0) is 24.6 Å². The summed E-state index contributed by atoms with van der Waals surface area (Å²) in [6.45, 7) is 8.98. The highest BCUT2D eigenvalue weighted by Gasteiger charge is 2.17. The van der Waals surface area contributed by atoms with Crippen LogP contribution < -0.4 is 10.2 Å². The molecule has 32 heavy (non-hydrogen) atoms. The Morgan fingerprint density at radius 1 is 1.28 bits per heavy atom. The fourth-order valence-electron chi connectivity index (χ4n) is 3.78. The third-order valence-corrected chi connectivity index (χ3v) is 5.78. The first-order valence-corrected chi connectivity index (χ1v) is 11.8. The number of aromatic nitrogens is 2. The van der Waals surface area contributed by atoms with Gasteiger partial charge in [0.05, 0.1) is 25.3 Å². The van der Waals surface area contributed by atoms with Gasteiger partial charge in [-0.3, -0.25) is 9.69 Å². The Labute approximate surface area is 195 Å². The van der Waals surface area contributed by atoms with Crippen LogP contribution in [-0.4, -0.2) is 87.0 Å². The van der Waals surface area contributed by atoms with Crippen molar-refractivity contribution in [2.75, 3.05) is 71.1 Å². The molecule has 9 heteroatoms. The molecular weight excluding hydrogens is 430 g/mol. The van der Waals surface area contributed by atoms with Crippen molar-refractivity contribution in [1.29, 1.82) is 0 Å². The van der Waals surface area contributed by atoms with Crippen molar-refractivity contribution >= 4 is 34.2 Å². The van der Waals surface area contributed by atoms with Crippen LogP contribution in [0.5, 0.6) is 0 Å². The van der Waals surface area contributed by atoms with E-state index in [0.29, 0.717) is 31.1 Å². The SMILES string of the molecule is CCc1nc(N(CCCN2CCOCC2)CCC(=O)NCCOC)c2ccc(Cl)cc2n1. The fourth-order valence-corrected chi connectivity index (χ4v) is 3.95. The van der Waals surface area contributed by atoms with Crippen molar-refractivity contribution in [1.82, 2.24) is 20.2 Å². The fraction of sp³-hybridized carbons (Fsp3) is 0.609. The molecule has 0 unspecified atom stereocenters. The summed E-state index contributed by atoms with van der Waals surface area (Å²) in [5.74, 6) is 1.66. The number of halogens is 1. The number of ether oxygens (including phenoxy) is 2. The van der Waals surface area contributed by atoms with Gasteiger partial charge in [-0.1, -0.05) is 18.5 Å². The summed E-state index contributed by atoms with van der Waals surface area (Å²) in [5, 5.41) is 4.51. The Hall–Kier alpha value is -2.00. The number of morpholine rings is 1. The smallest absolute Gasteiger partial charge is 0.221 e. The lowest BCUT2D eigenvalue weighted by atomic mass is 10.2. The van der Waals surface area contributed by atoms with E-state index < -0.39 is 0 Å². The predicted octanol–water partition coefficient (Wildman–Crippen LogP) is 2.53. The van der Waals surface area contributed by atoms with E-state index in [1.54, 1.807) is 7.11 Å². The molecule has 1 saturated heterocycles. The van der Waals surface area contributed by atoms with E-state index in [9.17, 15) is 4.79 Å². The Balaban J connectivity index is 1.76. The van der Waals surface area contributed by atoms with Gasteiger partial charge in [0.25, 0.3) is 0 Å². The third-order valence-electron chi connectivity index (χ3n) is 5.54. The Kier molecular flexibility index (Phi) is 9.92. The zero-order valence-electron chi connectivity index (χ0n) is 19.1. The average molecular weight is 464 g/mol. The van der Waals surface area contributed by atoms with Crippen LogP contribution in [0.2, 0.25) is 5.02 Å². The molecule has 8 nitrogen and oxygen atoms in total. The largest absolute Gasteiger partial charge is 0.383 e. The molecule has 176 valence electrons. The molecule has 3 rings (SSSR count). The second kappa shape index (κ2) is 12.9. The molecule has 1 fully saturated rings. The second-order valence-electron chi connectivity index (χ2n) is 7.87. The molecule has 0 saturated carbocycles. The Morgan fingerprint density at radius 3 is 2.84 bits per heavy atom. The number of carbonyl (C=O) groups excluding carboxylic acids is 1. The maximum absolute atomic E-state index is 12.3. The van der Waals surface area contributed by atoms with Crippen LogP contribution in [0.1, 0.15) is 25.6 Å². The Bertz CT molecular complexity index is 876. The van der Waals surface area contributed by atoms with E-state index in [1.165, 1.54) is 0 Å². The number of anilines is 1. The van der Waals surface area contributed by atoms with Gasteiger partial charge in [0.2, 0.25) is 5.91 Å². The topological polar surface area (TPSA) is 79.8 Å². The molecule has 1 aliphatic heterocycles. The first kappa shape index (κ1) is 24.6. The number of hydrogen-bond donors (Lipinski definition) is 1. The molecule has 0 bridgehead atoms. The molecule has 1 aromatic heterocycles. The van der Waals surface area contributed by atoms with Gasteiger partial charge in [0.15, 0.2) is 0 Å². The van der Waals surface area contributed by atoms with Crippen LogP contribution >= 0.6 is 11.6 Å². The van der Waals surface area contributed by atoms with Gasteiger partial charge in [0.1, 0.15) is 11.6 Å². The summed E-state index contributed by atoms with van der Waals surface area (Å²) in [6, 6.07) is 5.72. The number of nitrogens with zero attached hydrogens (tertiary/aromatic N) is 4. The molecular formula is C23H34ClN5O3. The number of benzene rings is 1. The lowest BCUT2D eigenvalue weighted by molar-refractivity contribution is -0.121. The summed E-state index contributed by atoms with van der Waals surface area (Å²) in [5.41, 5.74) is 0.835. The first-order chi connectivity index (χ1) is 15.6. The minimum atomic E-state index is 0.0114. The van der Waals surface area contributed by atoms with Crippen molar-refractivity contribution in [2.45, 2.75) is 26.2 Å². The van der Waals surface area contributed by atoms with Crippen LogP contribution in [-0.2, 0) is 20.7 Å². The molecule has 0 spiro atoms. The standard InChI is InChI=1S/C23H34ClN5O3/c1-3-21-26-20-17-18(24)5-6-19(20)23(27-21)29(11-7-22(30)25-8-14-31-2)10-4-9-28-12-15-32-16-13-28/h5-6,17H,3-4,7-16H2,1-2H3,(H,25,30). The third kappa shape index (κ3) is 7.27. The van der Waals surface area contributed by atoms with Gasteiger partial charge >= 0.3 is 0 Å². The quantitative estimate of drug-likeness (QED) is 0.484. The molecule has 1 aromatic carbocycles. The van der Waals surface area contributed by atoms with Crippen LogP contribution in [0.15, 0.2) is 18.2 Å². The van der Waals surface area contributed by atoms with E-state index in [2.05, 4.69) is 20.1 Å². The minimum Gasteiger partial charge on any atom is -0.383 e. The summed E-state index contributed by atoms with van der Waals surface area (Å²) in [6.07, 6.45) is 2.10. The number of nitrogens with one attached hydrogen (secondary N) is 1. The van der Waals surface area contributed by atoms with Crippen LogP contribution in [0.25, 0.3) is 10.9 Å². The van der Waals surface area contributed by atoms with E-state index in [1.807, 2.05) is 25.1 Å².